The standard InChI is InChI=1S/C34H48N2O9S/c1-24-9-8-12-26(19-24)46(39,40)36(23-33(2,3)14-15-34(4)43-17-18-44-34)21-29(37)28(20-25-10-6-5-7-11-25)35-32(38)45-30-22-42-31-27(30)13-16-41-31/h5-12,19,27-31,37H,13-18,20-23H2,1-4H3,(H,35,38). The molecule has 2 N–H and O–H groups in total. The highest BCUT2D eigenvalue weighted by Gasteiger charge is 2.44. The molecule has 3 aliphatic rings. The number of sulfonamides is 1. The molecule has 254 valence electrons. The number of fused-ring (bicyclic) bond motifs is 1. The fourth-order valence-electron chi connectivity index (χ4n) is 6.35. The van der Waals surface area contributed by atoms with Crippen LogP contribution in [0.3, 0.4) is 0 Å². The molecule has 0 saturated carbocycles. The van der Waals surface area contributed by atoms with Gasteiger partial charge in [-0.05, 0) is 61.8 Å². The average molecular weight is 661 g/mol. The fourth-order valence-corrected chi connectivity index (χ4v) is 8.11. The van der Waals surface area contributed by atoms with E-state index < -0.39 is 45.6 Å². The molecule has 3 aliphatic heterocycles. The van der Waals surface area contributed by atoms with Crippen molar-refractivity contribution >= 4 is 16.1 Å². The molecule has 2 aromatic carbocycles. The molecular weight excluding hydrogens is 612 g/mol. The summed E-state index contributed by atoms with van der Waals surface area (Å²) in [7, 11) is -4.03. The lowest BCUT2D eigenvalue weighted by atomic mass is 9.86. The molecule has 5 atom stereocenters. The molecule has 1 amide bonds. The van der Waals surface area contributed by atoms with Crippen molar-refractivity contribution in [2.75, 3.05) is 39.5 Å². The molecule has 12 heteroatoms. The fraction of sp³-hybridized carbons (Fsp3) is 0.618. The van der Waals surface area contributed by atoms with Gasteiger partial charge in [-0.2, -0.15) is 4.31 Å². The predicted molar refractivity (Wildman–Crippen MR) is 170 cm³/mol. The SMILES string of the molecule is Cc1cccc(S(=O)(=O)N(CC(O)C(Cc2ccccc2)NC(=O)OC2COC3OCCC23)CC(C)(C)CCC2(C)OCCO2)c1. The van der Waals surface area contributed by atoms with Crippen molar-refractivity contribution in [3.05, 3.63) is 65.7 Å². The number of aliphatic hydroxyl groups excluding tert-OH is 1. The van der Waals surface area contributed by atoms with Crippen LogP contribution < -0.4 is 5.32 Å². The van der Waals surface area contributed by atoms with Crippen LogP contribution in [-0.4, -0.2) is 93.8 Å². The maximum atomic E-state index is 14.2. The summed E-state index contributed by atoms with van der Waals surface area (Å²) in [6.07, 6.45) is -0.587. The number of ether oxygens (including phenoxy) is 5. The van der Waals surface area contributed by atoms with Crippen LogP contribution in [0, 0.1) is 18.3 Å². The number of nitrogens with one attached hydrogen (secondary N) is 1. The van der Waals surface area contributed by atoms with E-state index in [0.29, 0.717) is 32.7 Å². The van der Waals surface area contributed by atoms with Crippen LogP contribution in [-0.2, 0) is 40.1 Å². The average Bonchev–Trinajstić information content (AvgIpc) is 3.75. The molecule has 3 heterocycles. The number of amides is 1. The van der Waals surface area contributed by atoms with Crippen molar-refractivity contribution in [1.82, 2.24) is 9.62 Å². The minimum Gasteiger partial charge on any atom is -0.443 e. The first-order valence-electron chi connectivity index (χ1n) is 16.1. The maximum absolute atomic E-state index is 14.2. The van der Waals surface area contributed by atoms with E-state index in [9.17, 15) is 18.3 Å². The Balaban J connectivity index is 1.36. The van der Waals surface area contributed by atoms with Crippen molar-refractivity contribution in [2.24, 2.45) is 11.3 Å². The third-order valence-corrected chi connectivity index (χ3v) is 10.9. The number of rotatable bonds is 14. The number of aryl methyl sites for hydroxylation is 1. The summed E-state index contributed by atoms with van der Waals surface area (Å²) in [6.45, 7) is 9.45. The Bertz CT molecular complexity index is 1410. The van der Waals surface area contributed by atoms with Crippen LogP contribution >= 0.6 is 0 Å². The summed E-state index contributed by atoms with van der Waals surface area (Å²) in [4.78, 5) is 13.4. The van der Waals surface area contributed by atoms with Crippen LogP contribution in [0.1, 0.15) is 51.2 Å². The Morgan fingerprint density at radius 2 is 1.85 bits per heavy atom. The lowest BCUT2D eigenvalue weighted by Crippen LogP contribution is -2.52. The summed E-state index contributed by atoms with van der Waals surface area (Å²) < 4.78 is 58.2. The molecule has 46 heavy (non-hydrogen) atoms. The Hall–Kier alpha value is -2.58. The third-order valence-electron chi connectivity index (χ3n) is 9.09. The number of nitrogens with zero attached hydrogens (tertiary/aromatic N) is 1. The quantitative estimate of drug-likeness (QED) is 0.308. The number of aliphatic hydroxyl groups is 1. The third kappa shape index (κ3) is 8.85. The molecule has 11 nitrogen and oxygen atoms in total. The lowest BCUT2D eigenvalue weighted by molar-refractivity contribution is -0.151. The highest BCUT2D eigenvalue weighted by Crippen LogP contribution is 2.34. The van der Waals surface area contributed by atoms with E-state index in [4.69, 9.17) is 23.7 Å². The van der Waals surface area contributed by atoms with E-state index in [-0.39, 0.29) is 43.2 Å². The molecule has 3 fully saturated rings. The molecule has 0 aromatic heterocycles. The minimum absolute atomic E-state index is 0.0391. The number of hydrogen-bond acceptors (Lipinski definition) is 9. The highest BCUT2D eigenvalue weighted by molar-refractivity contribution is 7.89. The highest BCUT2D eigenvalue weighted by atomic mass is 32.2. The van der Waals surface area contributed by atoms with Crippen LogP contribution in [0.2, 0.25) is 0 Å². The zero-order chi connectivity index (χ0) is 33.0. The first-order valence-corrected chi connectivity index (χ1v) is 17.5. The number of hydrogen-bond donors (Lipinski definition) is 2. The van der Waals surface area contributed by atoms with Crippen LogP contribution in [0.4, 0.5) is 4.79 Å². The summed E-state index contributed by atoms with van der Waals surface area (Å²) in [5.41, 5.74) is 1.18. The van der Waals surface area contributed by atoms with E-state index in [2.05, 4.69) is 5.32 Å². The first-order chi connectivity index (χ1) is 21.8. The van der Waals surface area contributed by atoms with Gasteiger partial charge in [0.15, 0.2) is 12.1 Å². The largest absolute Gasteiger partial charge is 0.443 e. The van der Waals surface area contributed by atoms with E-state index in [0.717, 1.165) is 17.5 Å². The second-order valence-corrected chi connectivity index (χ2v) is 15.5. The van der Waals surface area contributed by atoms with Crippen molar-refractivity contribution in [1.29, 1.82) is 0 Å². The van der Waals surface area contributed by atoms with Crippen LogP contribution in [0.25, 0.3) is 0 Å². The van der Waals surface area contributed by atoms with E-state index in [1.54, 1.807) is 18.2 Å². The zero-order valence-electron chi connectivity index (χ0n) is 27.2. The van der Waals surface area contributed by atoms with Crippen LogP contribution in [0.5, 0.6) is 0 Å². The van der Waals surface area contributed by atoms with Gasteiger partial charge >= 0.3 is 6.09 Å². The zero-order valence-corrected chi connectivity index (χ0v) is 28.0. The van der Waals surface area contributed by atoms with Crippen molar-refractivity contribution in [3.8, 4) is 0 Å². The second-order valence-electron chi connectivity index (χ2n) is 13.6. The summed E-state index contributed by atoms with van der Waals surface area (Å²) >= 11 is 0. The summed E-state index contributed by atoms with van der Waals surface area (Å²) in [6, 6.07) is 15.3. The van der Waals surface area contributed by atoms with Gasteiger partial charge < -0.3 is 34.1 Å². The van der Waals surface area contributed by atoms with E-state index >= 15 is 0 Å². The van der Waals surface area contributed by atoms with E-state index in [1.165, 1.54) is 4.31 Å². The Morgan fingerprint density at radius 1 is 1.11 bits per heavy atom. The number of alkyl carbamates (subject to hydrolysis) is 1. The van der Waals surface area contributed by atoms with Gasteiger partial charge in [0, 0.05) is 19.5 Å². The molecule has 0 spiro atoms. The van der Waals surface area contributed by atoms with Gasteiger partial charge in [-0.15, -0.1) is 0 Å². The van der Waals surface area contributed by atoms with Crippen molar-refractivity contribution in [3.63, 3.8) is 0 Å². The van der Waals surface area contributed by atoms with Gasteiger partial charge in [-0.3, -0.25) is 0 Å². The smallest absolute Gasteiger partial charge is 0.407 e. The van der Waals surface area contributed by atoms with Crippen molar-refractivity contribution < 1.29 is 42.0 Å². The van der Waals surface area contributed by atoms with Gasteiger partial charge in [0.2, 0.25) is 10.0 Å². The molecule has 5 rings (SSSR count). The van der Waals surface area contributed by atoms with Gasteiger partial charge in [0.25, 0.3) is 0 Å². The Labute approximate surface area is 272 Å². The monoisotopic (exact) mass is 660 g/mol. The summed E-state index contributed by atoms with van der Waals surface area (Å²) in [5.74, 6) is -0.750. The predicted octanol–water partition coefficient (Wildman–Crippen LogP) is 4.01. The topological polar surface area (TPSA) is 133 Å². The maximum Gasteiger partial charge on any atom is 0.407 e. The minimum atomic E-state index is -4.03. The van der Waals surface area contributed by atoms with E-state index in [1.807, 2.05) is 64.1 Å². The second kappa shape index (κ2) is 14.7. The first kappa shape index (κ1) is 34.7. The van der Waals surface area contributed by atoms with Crippen molar-refractivity contribution in [2.45, 2.75) is 88.6 Å². The molecule has 0 bridgehead atoms. The van der Waals surface area contributed by atoms with Crippen LogP contribution in [0.15, 0.2) is 59.5 Å². The molecule has 0 aliphatic carbocycles. The van der Waals surface area contributed by atoms with Gasteiger partial charge in [-0.1, -0.05) is 56.3 Å². The molecule has 3 saturated heterocycles. The van der Waals surface area contributed by atoms with Gasteiger partial charge in [0.05, 0.1) is 49.4 Å². The normalized spacial score (nSPS) is 24.1. The number of benzene rings is 2. The van der Waals surface area contributed by atoms with Gasteiger partial charge in [-0.25, -0.2) is 13.2 Å². The van der Waals surface area contributed by atoms with Gasteiger partial charge in [0.1, 0.15) is 6.10 Å². The lowest BCUT2D eigenvalue weighted by Gasteiger charge is -2.36. The summed E-state index contributed by atoms with van der Waals surface area (Å²) in [5, 5.41) is 14.6. The molecule has 0 radical (unpaired) electrons. The molecular formula is C34H48N2O9S. The Morgan fingerprint density at radius 3 is 2.57 bits per heavy atom. The molecule has 2 aromatic rings. The Kier molecular flexibility index (Phi) is 11.1. The number of carbonyl (C=O) groups is 1. The molecule has 5 unspecified atom stereocenters. The number of carbonyl (C=O) groups excluding carboxylic acids is 1.